The first-order valence-corrected chi connectivity index (χ1v) is 10.6. The summed E-state index contributed by atoms with van der Waals surface area (Å²) in [5.41, 5.74) is 1.25. The molecule has 2 amide bonds. The number of carbonyl (C=O) groups excluding carboxylic acids is 2. The van der Waals surface area contributed by atoms with Gasteiger partial charge in [0.1, 0.15) is 11.9 Å². The fraction of sp³-hybridized carbons (Fsp3) is 0.417. The molecule has 0 fully saturated rings. The van der Waals surface area contributed by atoms with E-state index in [1.54, 1.807) is 23.1 Å². The maximum Gasteiger partial charge on any atom is 0.243 e. The first kappa shape index (κ1) is 23.9. The van der Waals surface area contributed by atoms with E-state index in [4.69, 9.17) is 11.6 Å². The SMILES string of the molecule is CC[C@H](C(=O)NC(C)(C)C)N(Cc1ccc(F)cc1)C(=O)CCc1ccccc1Cl. The van der Waals surface area contributed by atoms with Crippen LogP contribution in [-0.2, 0) is 22.6 Å². The van der Waals surface area contributed by atoms with E-state index in [1.165, 1.54) is 12.1 Å². The molecular weight excluding hydrogens is 403 g/mol. The van der Waals surface area contributed by atoms with Crippen LogP contribution in [0.4, 0.5) is 4.39 Å². The number of nitrogens with one attached hydrogen (secondary N) is 1. The van der Waals surface area contributed by atoms with Gasteiger partial charge in [-0.15, -0.1) is 0 Å². The Balaban J connectivity index is 2.24. The fourth-order valence-corrected chi connectivity index (χ4v) is 3.48. The third-order valence-electron chi connectivity index (χ3n) is 4.72. The highest BCUT2D eigenvalue weighted by Crippen LogP contribution is 2.19. The number of halogens is 2. The van der Waals surface area contributed by atoms with Gasteiger partial charge in [-0.25, -0.2) is 4.39 Å². The summed E-state index contributed by atoms with van der Waals surface area (Å²) in [6.07, 6.45) is 1.18. The van der Waals surface area contributed by atoms with E-state index in [2.05, 4.69) is 5.32 Å². The van der Waals surface area contributed by atoms with Crippen LogP contribution in [0.5, 0.6) is 0 Å². The van der Waals surface area contributed by atoms with Crippen LogP contribution in [0, 0.1) is 5.82 Å². The number of nitrogens with zero attached hydrogens (tertiary/aromatic N) is 1. The zero-order chi connectivity index (χ0) is 22.3. The van der Waals surface area contributed by atoms with Crippen LogP contribution in [-0.4, -0.2) is 28.3 Å². The summed E-state index contributed by atoms with van der Waals surface area (Å²) in [6, 6.07) is 12.8. The first-order valence-electron chi connectivity index (χ1n) is 10.2. The normalized spacial score (nSPS) is 12.3. The molecule has 1 N–H and O–H groups in total. The Labute approximate surface area is 183 Å². The van der Waals surface area contributed by atoms with Crippen LogP contribution in [0.2, 0.25) is 5.02 Å². The molecule has 2 rings (SSSR count). The number of hydrogen-bond donors (Lipinski definition) is 1. The average molecular weight is 433 g/mol. The van der Waals surface area contributed by atoms with Gasteiger partial charge in [-0.2, -0.15) is 0 Å². The number of benzene rings is 2. The molecule has 0 saturated heterocycles. The van der Waals surface area contributed by atoms with Gasteiger partial charge < -0.3 is 10.2 Å². The Morgan fingerprint density at radius 2 is 1.73 bits per heavy atom. The summed E-state index contributed by atoms with van der Waals surface area (Å²) in [4.78, 5) is 27.7. The van der Waals surface area contributed by atoms with Gasteiger partial charge in [-0.05, 0) is 62.9 Å². The van der Waals surface area contributed by atoms with E-state index in [9.17, 15) is 14.0 Å². The number of rotatable bonds is 8. The minimum atomic E-state index is -0.618. The average Bonchev–Trinajstić information content (AvgIpc) is 2.67. The zero-order valence-electron chi connectivity index (χ0n) is 18.0. The van der Waals surface area contributed by atoms with Crippen LogP contribution < -0.4 is 5.32 Å². The van der Waals surface area contributed by atoms with Crippen molar-refractivity contribution in [1.29, 1.82) is 0 Å². The number of aryl methyl sites for hydroxylation is 1. The topological polar surface area (TPSA) is 49.4 Å². The minimum absolute atomic E-state index is 0.143. The van der Waals surface area contributed by atoms with Gasteiger partial charge in [-0.3, -0.25) is 9.59 Å². The van der Waals surface area contributed by atoms with Crippen LogP contribution >= 0.6 is 11.6 Å². The molecule has 0 bridgehead atoms. The largest absolute Gasteiger partial charge is 0.350 e. The molecular formula is C24H30ClFN2O2. The highest BCUT2D eigenvalue weighted by atomic mass is 35.5. The Hall–Kier alpha value is -2.40. The zero-order valence-corrected chi connectivity index (χ0v) is 18.8. The Morgan fingerprint density at radius 3 is 2.30 bits per heavy atom. The predicted octanol–water partition coefficient (Wildman–Crippen LogP) is 5.13. The molecule has 162 valence electrons. The summed E-state index contributed by atoms with van der Waals surface area (Å²) in [5.74, 6) is -0.679. The van der Waals surface area contributed by atoms with E-state index in [-0.39, 0.29) is 30.6 Å². The molecule has 0 heterocycles. The minimum Gasteiger partial charge on any atom is -0.350 e. The van der Waals surface area contributed by atoms with E-state index >= 15 is 0 Å². The predicted molar refractivity (Wildman–Crippen MR) is 119 cm³/mol. The summed E-state index contributed by atoms with van der Waals surface area (Å²) in [7, 11) is 0. The van der Waals surface area contributed by atoms with Crippen LogP contribution in [0.3, 0.4) is 0 Å². The van der Waals surface area contributed by atoms with Crippen molar-refractivity contribution in [2.45, 2.75) is 65.1 Å². The molecule has 0 aliphatic rings. The molecule has 1 atom stereocenters. The third kappa shape index (κ3) is 7.13. The molecule has 6 heteroatoms. The van der Waals surface area contributed by atoms with Crippen molar-refractivity contribution in [3.8, 4) is 0 Å². The summed E-state index contributed by atoms with van der Waals surface area (Å²) < 4.78 is 13.3. The number of amides is 2. The maximum atomic E-state index is 13.3. The summed E-state index contributed by atoms with van der Waals surface area (Å²) in [6.45, 7) is 7.83. The van der Waals surface area contributed by atoms with Crippen LogP contribution in [0.1, 0.15) is 51.7 Å². The van der Waals surface area contributed by atoms with Gasteiger partial charge in [0.15, 0.2) is 0 Å². The molecule has 0 saturated carbocycles. The lowest BCUT2D eigenvalue weighted by Gasteiger charge is -2.33. The number of carbonyl (C=O) groups is 2. The lowest BCUT2D eigenvalue weighted by Crippen LogP contribution is -2.53. The van der Waals surface area contributed by atoms with Gasteiger partial charge in [0.25, 0.3) is 0 Å². The molecule has 0 radical (unpaired) electrons. The van der Waals surface area contributed by atoms with Gasteiger partial charge in [0, 0.05) is 23.5 Å². The molecule has 0 aliphatic carbocycles. The van der Waals surface area contributed by atoms with Crippen molar-refractivity contribution < 1.29 is 14.0 Å². The van der Waals surface area contributed by atoms with Crippen molar-refractivity contribution in [3.63, 3.8) is 0 Å². The molecule has 2 aromatic rings. The second kappa shape index (κ2) is 10.6. The molecule has 30 heavy (non-hydrogen) atoms. The molecule has 0 spiro atoms. The molecule has 0 unspecified atom stereocenters. The third-order valence-corrected chi connectivity index (χ3v) is 5.09. The Morgan fingerprint density at radius 1 is 1.10 bits per heavy atom. The second-order valence-electron chi connectivity index (χ2n) is 8.40. The maximum absolute atomic E-state index is 13.3. The summed E-state index contributed by atoms with van der Waals surface area (Å²) in [5, 5.41) is 3.59. The summed E-state index contributed by atoms with van der Waals surface area (Å²) >= 11 is 6.22. The van der Waals surface area contributed by atoms with Crippen LogP contribution in [0.25, 0.3) is 0 Å². The van der Waals surface area contributed by atoms with E-state index < -0.39 is 11.6 Å². The Kier molecular flexibility index (Phi) is 8.42. The van der Waals surface area contributed by atoms with Gasteiger partial charge >= 0.3 is 0 Å². The van der Waals surface area contributed by atoms with Gasteiger partial charge in [0.2, 0.25) is 11.8 Å². The number of hydrogen-bond acceptors (Lipinski definition) is 2. The molecule has 0 aliphatic heterocycles. The highest BCUT2D eigenvalue weighted by molar-refractivity contribution is 6.31. The smallest absolute Gasteiger partial charge is 0.243 e. The van der Waals surface area contributed by atoms with Crippen LogP contribution in [0.15, 0.2) is 48.5 Å². The first-order chi connectivity index (χ1) is 14.1. The highest BCUT2D eigenvalue weighted by Gasteiger charge is 2.30. The lowest BCUT2D eigenvalue weighted by molar-refractivity contribution is -0.142. The van der Waals surface area contributed by atoms with Gasteiger partial charge in [0.05, 0.1) is 0 Å². The molecule has 2 aromatic carbocycles. The monoisotopic (exact) mass is 432 g/mol. The van der Waals surface area contributed by atoms with E-state index in [1.807, 2.05) is 45.9 Å². The Bertz CT molecular complexity index is 862. The second-order valence-corrected chi connectivity index (χ2v) is 8.81. The van der Waals surface area contributed by atoms with Crippen molar-refractivity contribution in [2.75, 3.05) is 0 Å². The van der Waals surface area contributed by atoms with Crippen molar-refractivity contribution in [3.05, 3.63) is 70.5 Å². The van der Waals surface area contributed by atoms with E-state index in [0.717, 1.165) is 11.1 Å². The molecule has 0 aromatic heterocycles. The van der Waals surface area contributed by atoms with E-state index in [0.29, 0.717) is 17.9 Å². The standard InChI is InChI=1S/C24H30ClFN2O2/c1-5-21(23(30)27-24(2,3)4)28(16-17-10-13-19(26)14-11-17)22(29)15-12-18-8-6-7-9-20(18)25/h6-11,13-14,21H,5,12,15-16H2,1-4H3,(H,27,30)/t21-/m1/s1. The van der Waals surface area contributed by atoms with Crippen molar-refractivity contribution >= 4 is 23.4 Å². The lowest BCUT2D eigenvalue weighted by atomic mass is 10.0. The van der Waals surface area contributed by atoms with Crippen molar-refractivity contribution in [2.24, 2.45) is 0 Å². The van der Waals surface area contributed by atoms with Gasteiger partial charge in [-0.1, -0.05) is 48.9 Å². The fourth-order valence-electron chi connectivity index (χ4n) is 3.25. The molecule has 4 nitrogen and oxygen atoms in total. The quantitative estimate of drug-likeness (QED) is 0.628. The van der Waals surface area contributed by atoms with Crippen molar-refractivity contribution in [1.82, 2.24) is 10.2 Å².